The van der Waals surface area contributed by atoms with E-state index in [-0.39, 0.29) is 18.5 Å². The molecular formula is C26H34BrN3O4S. The summed E-state index contributed by atoms with van der Waals surface area (Å²) in [6.45, 7) is 3.49. The highest BCUT2D eigenvalue weighted by Crippen LogP contribution is 2.25. The summed E-state index contributed by atoms with van der Waals surface area (Å²) >= 11 is 3.43. The molecular weight excluding hydrogens is 530 g/mol. The summed E-state index contributed by atoms with van der Waals surface area (Å²) in [4.78, 5) is 28.1. The lowest BCUT2D eigenvalue weighted by molar-refractivity contribution is -0.139. The molecule has 0 aliphatic heterocycles. The number of carbonyl (C=O) groups is 2. The van der Waals surface area contributed by atoms with Crippen molar-refractivity contribution < 1.29 is 18.0 Å². The van der Waals surface area contributed by atoms with Crippen molar-refractivity contribution in [2.45, 2.75) is 58.0 Å². The topological polar surface area (TPSA) is 86.8 Å². The highest BCUT2D eigenvalue weighted by atomic mass is 79.9. The fourth-order valence-electron chi connectivity index (χ4n) is 4.36. The Labute approximate surface area is 217 Å². The molecule has 3 rings (SSSR count). The molecule has 0 unspecified atom stereocenters. The van der Waals surface area contributed by atoms with Crippen molar-refractivity contribution in [2.75, 3.05) is 23.7 Å². The molecule has 0 saturated heterocycles. The van der Waals surface area contributed by atoms with Crippen LogP contribution in [0.1, 0.15) is 43.7 Å². The molecule has 2 amide bonds. The number of rotatable bonds is 10. The first-order valence-corrected chi connectivity index (χ1v) is 14.6. The zero-order chi connectivity index (χ0) is 25.6. The van der Waals surface area contributed by atoms with E-state index in [0.717, 1.165) is 51.8 Å². The maximum absolute atomic E-state index is 13.6. The van der Waals surface area contributed by atoms with Crippen LogP contribution in [0.3, 0.4) is 0 Å². The molecule has 0 aromatic heterocycles. The van der Waals surface area contributed by atoms with Crippen LogP contribution in [0.25, 0.3) is 0 Å². The van der Waals surface area contributed by atoms with Gasteiger partial charge in [-0.05, 0) is 62.4 Å². The minimum absolute atomic E-state index is 0.134. The summed E-state index contributed by atoms with van der Waals surface area (Å²) in [6, 6.07) is 14.3. The molecule has 1 N–H and O–H groups in total. The molecule has 0 spiro atoms. The van der Waals surface area contributed by atoms with Crippen LogP contribution in [-0.2, 0) is 26.0 Å². The van der Waals surface area contributed by atoms with Gasteiger partial charge in [-0.2, -0.15) is 0 Å². The van der Waals surface area contributed by atoms with E-state index in [9.17, 15) is 18.0 Å². The van der Waals surface area contributed by atoms with Gasteiger partial charge in [-0.25, -0.2) is 8.42 Å². The Morgan fingerprint density at radius 1 is 1.11 bits per heavy atom. The van der Waals surface area contributed by atoms with Crippen molar-refractivity contribution in [3.8, 4) is 0 Å². The minimum Gasteiger partial charge on any atom is -0.352 e. The molecule has 35 heavy (non-hydrogen) atoms. The van der Waals surface area contributed by atoms with Gasteiger partial charge < -0.3 is 10.2 Å². The van der Waals surface area contributed by atoms with E-state index in [2.05, 4.69) is 21.2 Å². The minimum atomic E-state index is -3.74. The van der Waals surface area contributed by atoms with Crippen molar-refractivity contribution in [3.05, 3.63) is 64.1 Å². The molecule has 2 aromatic rings. The molecule has 190 valence electrons. The fraction of sp³-hybridized carbons (Fsp3) is 0.462. The molecule has 7 nitrogen and oxygen atoms in total. The van der Waals surface area contributed by atoms with E-state index in [1.54, 1.807) is 25.1 Å². The average Bonchev–Trinajstić information content (AvgIpc) is 3.32. The van der Waals surface area contributed by atoms with E-state index < -0.39 is 22.0 Å². The van der Waals surface area contributed by atoms with Crippen LogP contribution in [0, 0.1) is 6.92 Å². The van der Waals surface area contributed by atoms with Crippen LogP contribution in [0.4, 0.5) is 5.69 Å². The Hall–Kier alpha value is -2.39. The quantitative estimate of drug-likeness (QED) is 0.472. The summed E-state index contributed by atoms with van der Waals surface area (Å²) in [5.41, 5.74) is 2.30. The maximum atomic E-state index is 13.6. The molecule has 1 saturated carbocycles. The molecule has 1 aliphatic rings. The highest BCUT2D eigenvalue weighted by Gasteiger charge is 2.31. The van der Waals surface area contributed by atoms with Crippen molar-refractivity contribution in [1.82, 2.24) is 10.2 Å². The third-order valence-corrected chi connectivity index (χ3v) is 8.49. The number of halogens is 1. The van der Waals surface area contributed by atoms with Crippen LogP contribution < -0.4 is 9.62 Å². The number of aryl methyl sites for hydroxylation is 1. The van der Waals surface area contributed by atoms with E-state index in [4.69, 9.17) is 0 Å². The summed E-state index contributed by atoms with van der Waals surface area (Å²) in [5.74, 6) is -0.621. The van der Waals surface area contributed by atoms with Crippen molar-refractivity contribution in [3.63, 3.8) is 0 Å². The lowest BCUT2D eigenvalue weighted by Gasteiger charge is -2.32. The second kappa shape index (κ2) is 12.0. The van der Waals surface area contributed by atoms with Gasteiger partial charge in [0.2, 0.25) is 21.8 Å². The van der Waals surface area contributed by atoms with Crippen molar-refractivity contribution >= 4 is 43.5 Å². The summed E-state index contributed by atoms with van der Waals surface area (Å²) in [6.07, 6.45) is 5.71. The second-order valence-corrected chi connectivity index (χ2v) is 12.0. The second-order valence-electron chi connectivity index (χ2n) is 9.19. The number of carbonyl (C=O) groups excluding carboxylic acids is 2. The first-order valence-electron chi connectivity index (χ1n) is 11.9. The van der Waals surface area contributed by atoms with Gasteiger partial charge in [0.1, 0.15) is 12.6 Å². The van der Waals surface area contributed by atoms with Gasteiger partial charge in [0, 0.05) is 17.1 Å². The van der Waals surface area contributed by atoms with Crippen molar-refractivity contribution in [2.24, 2.45) is 0 Å². The normalized spacial score (nSPS) is 15.0. The molecule has 1 aliphatic carbocycles. The van der Waals surface area contributed by atoms with Crippen LogP contribution in [0.2, 0.25) is 0 Å². The molecule has 0 radical (unpaired) electrons. The standard InChI is InChI=1S/C26H34BrN3O4S/c1-19-17-23(13-14-24(19)27)30(35(3,33)34)18-25(31)29(16-15-21-9-5-4-6-10-21)20(2)26(32)28-22-11-7-8-12-22/h4-6,9-10,13-14,17,20,22H,7-8,11-12,15-16,18H2,1-3H3,(H,28,32)/t20-/m0/s1. The number of sulfonamides is 1. The highest BCUT2D eigenvalue weighted by molar-refractivity contribution is 9.10. The summed E-state index contributed by atoms with van der Waals surface area (Å²) < 4.78 is 27.3. The van der Waals surface area contributed by atoms with Gasteiger partial charge in [0.05, 0.1) is 11.9 Å². The lowest BCUT2D eigenvalue weighted by atomic mass is 10.1. The van der Waals surface area contributed by atoms with Gasteiger partial charge in [0.25, 0.3) is 0 Å². The fourth-order valence-corrected chi connectivity index (χ4v) is 5.45. The van der Waals surface area contributed by atoms with Gasteiger partial charge in [0.15, 0.2) is 0 Å². The van der Waals surface area contributed by atoms with Crippen molar-refractivity contribution in [1.29, 1.82) is 0 Å². The van der Waals surface area contributed by atoms with Gasteiger partial charge in [-0.15, -0.1) is 0 Å². The monoisotopic (exact) mass is 563 g/mol. The Morgan fingerprint density at radius 2 is 1.77 bits per heavy atom. The van der Waals surface area contributed by atoms with Gasteiger partial charge in [-0.1, -0.05) is 59.1 Å². The first kappa shape index (κ1) is 27.2. The van der Waals surface area contributed by atoms with E-state index in [1.165, 1.54) is 4.90 Å². The number of anilines is 1. The molecule has 1 fully saturated rings. The number of nitrogens with zero attached hydrogens (tertiary/aromatic N) is 2. The van der Waals surface area contributed by atoms with Crippen LogP contribution in [0.15, 0.2) is 53.0 Å². The van der Waals surface area contributed by atoms with E-state index >= 15 is 0 Å². The number of hydrogen-bond acceptors (Lipinski definition) is 4. The number of benzene rings is 2. The molecule has 9 heteroatoms. The molecule has 2 aromatic carbocycles. The smallest absolute Gasteiger partial charge is 0.244 e. The van der Waals surface area contributed by atoms with Crippen LogP contribution in [0.5, 0.6) is 0 Å². The summed E-state index contributed by atoms with van der Waals surface area (Å²) in [7, 11) is -3.74. The Morgan fingerprint density at radius 3 is 2.37 bits per heavy atom. The van der Waals surface area contributed by atoms with Gasteiger partial charge in [-0.3, -0.25) is 13.9 Å². The third kappa shape index (κ3) is 7.54. The predicted molar refractivity (Wildman–Crippen MR) is 143 cm³/mol. The SMILES string of the molecule is Cc1cc(N(CC(=O)N(CCc2ccccc2)[C@@H](C)C(=O)NC2CCCC2)S(C)(=O)=O)ccc1Br. The molecule has 0 heterocycles. The largest absolute Gasteiger partial charge is 0.352 e. The number of amides is 2. The Kier molecular flexibility index (Phi) is 9.35. The maximum Gasteiger partial charge on any atom is 0.244 e. The number of hydrogen-bond donors (Lipinski definition) is 1. The zero-order valence-corrected chi connectivity index (χ0v) is 22.9. The Bertz CT molecular complexity index is 1130. The van der Waals surface area contributed by atoms with Crippen LogP contribution in [-0.4, -0.2) is 56.6 Å². The summed E-state index contributed by atoms with van der Waals surface area (Å²) in [5, 5.41) is 3.07. The zero-order valence-electron chi connectivity index (χ0n) is 20.5. The third-order valence-electron chi connectivity index (χ3n) is 6.46. The van der Waals surface area contributed by atoms with E-state index in [0.29, 0.717) is 18.7 Å². The predicted octanol–water partition coefficient (Wildman–Crippen LogP) is 4.04. The molecule has 1 atom stereocenters. The lowest BCUT2D eigenvalue weighted by Crippen LogP contribution is -2.53. The van der Waals surface area contributed by atoms with E-state index in [1.807, 2.05) is 37.3 Å². The number of nitrogens with one attached hydrogen (secondary N) is 1. The Balaban J connectivity index is 1.83. The molecule has 0 bridgehead atoms. The first-order chi connectivity index (χ1) is 16.6. The van der Waals surface area contributed by atoms with Gasteiger partial charge >= 0.3 is 0 Å². The van der Waals surface area contributed by atoms with Crippen LogP contribution >= 0.6 is 15.9 Å². The average molecular weight is 565 g/mol.